The average molecular weight is 522 g/mol. The van der Waals surface area contributed by atoms with Gasteiger partial charge in [0.25, 0.3) is 0 Å². The summed E-state index contributed by atoms with van der Waals surface area (Å²) in [6.07, 6.45) is 0. The van der Waals surface area contributed by atoms with Gasteiger partial charge in [-0.05, 0) is 81.9 Å². The number of nitrogens with zero attached hydrogens (tertiary/aromatic N) is 1. The fraction of sp³-hybridized carbons (Fsp3) is 0.286. The summed E-state index contributed by atoms with van der Waals surface area (Å²) in [7, 11) is 0. The lowest BCUT2D eigenvalue weighted by Crippen LogP contribution is -2.72. The zero-order valence-electron chi connectivity index (χ0n) is 20.6. The number of carbonyl (C=O) groups excluding carboxylic acids is 1. The van der Waals surface area contributed by atoms with Gasteiger partial charge in [0, 0.05) is 22.0 Å². The van der Waals surface area contributed by atoms with Gasteiger partial charge in [0.2, 0.25) is 5.91 Å². The van der Waals surface area contributed by atoms with Gasteiger partial charge in [0.15, 0.2) is 22.3 Å². The minimum absolute atomic E-state index is 0.170. The third kappa shape index (κ3) is 4.06. The zero-order chi connectivity index (χ0) is 25.6. The van der Waals surface area contributed by atoms with Crippen LogP contribution in [0.4, 0.5) is 11.4 Å². The summed E-state index contributed by atoms with van der Waals surface area (Å²) in [5.41, 5.74) is 3.34. The number of hydrogen-bond donors (Lipinski definition) is 2. The van der Waals surface area contributed by atoms with Gasteiger partial charge in [0.05, 0.1) is 12.6 Å². The molecule has 2 heterocycles. The van der Waals surface area contributed by atoms with Gasteiger partial charge in [-0.15, -0.1) is 0 Å². The number of aryl methyl sites for hydroxylation is 2. The van der Waals surface area contributed by atoms with Gasteiger partial charge in [-0.2, -0.15) is 0 Å². The predicted molar refractivity (Wildman–Crippen MR) is 147 cm³/mol. The van der Waals surface area contributed by atoms with Gasteiger partial charge < -0.3 is 20.1 Å². The molecule has 3 aromatic rings. The van der Waals surface area contributed by atoms with E-state index in [0.29, 0.717) is 28.2 Å². The van der Waals surface area contributed by atoms with Crippen molar-refractivity contribution in [3.05, 3.63) is 82.4 Å². The summed E-state index contributed by atoms with van der Waals surface area (Å²) < 4.78 is 12.6. The predicted octanol–water partition coefficient (Wildman–Crippen LogP) is 6.15. The summed E-state index contributed by atoms with van der Waals surface area (Å²) >= 11 is 12.0. The fourth-order valence-electron chi connectivity index (χ4n) is 5.18. The molecule has 3 atom stereocenters. The highest BCUT2D eigenvalue weighted by atomic mass is 35.5. The second-order valence-electron chi connectivity index (χ2n) is 9.29. The van der Waals surface area contributed by atoms with Crippen LogP contribution in [-0.2, 0) is 4.79 Å². The van der Waals surface area contributed by atoms with Crippen molar-refractivity contribution in [3.63, 3.8) is 0 Å². The Bertz CT molecular complexity index is 1350. The largest absolute Gasteiger partial charge is 0.490 e. The van der Waals surface area contributed by atoms with Gasteiger partial charge in [-0.25, -0.2) is 0 Å². The van der Waals surface area contributed by atoms with E-state index in [0.717, 1.165) is 28.1 Å². The fourth-order valence-corrected chi connectivity index (χ4v) is 5.72. The summed E-state index contributed by atoms with van der Waals surface area (Å²) in [6, 6.07) is 18.6. The molecule has 3 aromatic carbocycles. The number of para-hydroxylation sites is 1. The Labute approximate surface area is 221 Å². The number of anilines is 2. The number of halogens is 1. The molecule has 8 heteroatoms. The molecule has 0 aliphatic carbocycles. The van der Waals surface area contributed by atoms with Crippen LogP contribution in [0.1, 0.15) is 36.6 Å². The van der Waals surface area contributed by atoms with Crippen LogP contribution in [0, 0.1) is 19.8 Å². The zero-order valence-corrected chi connectivity index (χ0v) is 22.2. The van der Waals surface area contributed by atoms with Crippen LogP contribution >= 0.6 is 23.8 Å². The second kappa shape index (κ2) is 9.30. The molecule has 186 valence electrons. The van der Waals surface area contributed by atoms with E-state index in [4.69, 9.17) is 33.3 Å². The van der Waals surface area contributed by atoms with Crippen LogP contribution in [0.3, 0.4) is 0 Å². The molecule has 0 unspecified atom stereocenters. The number of nitrogens with one attached hydrogen (secondary N) is 2. The minimum Gasteiger partial charge on any atom is -0.490 e. The molecule has 5 rings (SSSR count). The van der Waals surface area contributed by atoms with E-state index >= 15 is 0 Å². The molecule has 1 fully saturated rings. The van der Waals surface area contributed by atoms with E-state index in [2.05, 4.69) is 10.6 Å². The van der Waals surface area contributed by atoms with E-state index in [1.54, 1.807) is 12.1 Å². The Morgan fingerprint density at radius 3 is 2.64 bits per heavy atom. The lowest BCUT2D eigenvalue weighted by atomic mass is 9.78. The van der Waals surface area contributed by atoms with Crippen LogP contribution in [0.15, 0.2) is 60.7 Å². The van der Waals surface area contributed by atoms with Crippen molar-refractivity contribution in [2.45, 2.75) is 39.5 Å². The lowest BCUT2D eigenvalue weighted by molar-refractivity contribution is -0.130. The molecule has 6 nitrogen and oxygen atoms in total. The topological polar surface area (TPSA) is 62.8 Å². The molecule has 2 N–H and O–H groups in total. The number of ether oxygens (including phenoxy) is 2. The monoisotopic (exact) mass is 521 g/mol. The normalized spacial score (nSPS) is 22.2. The third-order valence-corrected chi connectivity index (χ3v) is 7.35. The number of thiocarbonyl (C=S) groups is 1. The number of hydrogen-bond acceptors (Lipinski definition) is 4. The molecule has 0 aromatic heterocycles. The van der Waals surface area contributed by atoms with Crippen molar-refractivity contribution in [1.29, 1.82) is 0 Å². The Hall–Kier alpha value is -3.29. The van der Waals surface area contributed by atoms with Crippen LogP contribution in [0.2, 0.25) is 5.02 Å². The lowest BCUT2D eigenvalue weighted by Gasteiger charge is -2.56. The number of rotatable bonds is 5. The molecule has 2 aliphatic heterocycles. The van der Waals surface area contributed by atoms with E-state index in [-0.39, 0.29) is 5.91 Å². The maximum absolute atomic E-state index is 14.0. The molecule has 36 heavy (non-hydrogen) atoms. The quantitative estimate of drug-likeness (QED) is 0.392. The molecule has 2 bridgehead atoms. The summed E-state index contributed by atoms with van der Waals surface area (Å²) in [5, 5.41) is 7.65. The van der Waals surface area contributed by atoms with Crippen LogP contribution in [-0.4, -0.2) is 23.4 Å². The highest BCUT2D eigenvalue weighted by Crippen LogP contribution is 2.52. The highest BCUT2D eigenvalue weighted by Gasteiger charge is 2.59. The molecule has 2 aliphatic rings. The van der Waals surface area contributed by atoms with Gasteiger partial charge in [-0.3, -0.25) is 9.69 Å². The Morgan fingerprint density at radius 2 is 1.94 bits per heavy atom. The van der Waals surface area contributed by atoms with Crippen molar-refractivity contribution in [3.8, 4) is 11.5 Å². The highest BCUT2D eigenvalue weighted by molar-refractivity contribution is 7.80. The molecule has 1 saturated heterocycles. The van der Waals surface area contributed by atoms with E-state index < -0.39 is 17.7 Å². The number of fused-ring (bicyclic) bond motifs is 4. The summed E-state index contributed by atoms with van der Waals surface area (Å²) in [6.45, 7) is 8.34. The SMILES string of the molecule is CCOc1cccc2c1O[C@@]1(C)[C@H](C(=O)Nc3ccc(C)cc3C)[C@@H]2NC(=S)N1c1ccc(Cl)cc1. The Balaban J connectivity index is 1.64. The van der Waals surface area contributed by atoms with Crippen molar-refractivity contribution < 1.29 is 14.3 Å². The Morgan fingerprint density at radius 1 is 1.19 bits per heavy atom. The van der Waals surface area contributed by atoms with Crippen molar-refractivity contribution in [1.82, 2.24) is 5.32 Å². The van der Waals surface area contributed by atoms with Crippen molar-refractivity contribution in [2.24, 2.45) is 5.92 Å². The molecule has 1 amide bonds. The van der Waals surface area contributed by atoms with Crippen LogP contribution < -0.4 is 25.0 Å². The van der Waals surface area contributed by atoms with Gasteiger partial charge in [0.1, 0.15) is 5.92 Å². The third-order valence-electron chi connectivity index (χ3n) is 6.80. The first-order valence-corrected chi connectivity index (χ1v) is 12.7. The van der Waals surface area contributed by atoms with E-state index in [9.17, 15) is 4.79 Å². The molecule has 0 spiro atoms. The standard InChI is InChI=1S/C28H28ClN3O3S/c1-5-34-22-8-6-7-20-24-23(26(33)30-21-14-9-16(2)15-17(21)3)28(4,35-25(20)22)32(27(36)31-24)19-12-10-18(29)11-13-19/h6-15,23-24H,5H2,1-4H3,(H,30,33)(H,31,36)/t23-,24+,28-/m0/s1. The first-order chi connectivity index (χ1) is 17.2. The van der Waals surface area contributed by atoms with Crippen molar-refractivity contribution in [2.75, 3.05) is 16.8 Å². The second-order valence-corrected chi connectivity index (χ2v) is 10.1. The summed E-state index contributed by atoms with van der Waals surface area (Å²) in [5.74, 6) is 0.419. The maximum Gasteiger partial charge on any atom is 0.236 e. The van der Waals surface area contributed by atoms with E-state index in [1.165, 1.54) is 0 Å². The smallest absolute Gasteiger partial charge is 0.236 e. The number of benzene rings is 3. The minimum atomic E-state index is -1.15. The summed E-state index contributed by atoms with van der Waals surface area (Å²) in [4.78, 5) is 15.9. The molecular weight excluding hydrogens is 494 g/mol. The average Bonchev–Trinajstić information content (AvgIpc) is 2.82. The number of amides is 1. The molecule has 0 saturated carbocycles. The van der Waals surface area contributed by atoms with Gasteiger partial charge >= 0.3 is 0 Å². The molecule has 0 radical (unpaired) electrons. The van der Waals surface area contributed by atoms with Crippen LogP contribution in [0.5, 0.6) is 11.5 Å². The maximum atomic E-state index is 14.0. The van der Waals surface area contributed by atoms with Gasteiger partial charge in [-0.1, -0.05) is 41.4 Å². The first kappa shape index (κ1) is 24.4. The van der Waals surface area contributed by atoms with Crippen molar-refractivity contribution >= 4 is 46.2 Å². The van der Waals surface area contributed by atoms with Crippen LogP contribution in [0.25, 0.3) is 0 Å². The number of carbonyl (C=O) groups is 1. The Kier molecular flexibility index (Phi) is 6.30. The van der Waals surface area contributed by atoms with E-state index in [1.807, 2.05) is 81.1 Å². The molecular formula is C28H28ClN3O3S. The first-order valence-electron chi connectivity index (χ1n) is 11.9.